The van der Waals surface area contributed by atoms with Crippen LogP contribution in [0.5, 0.6) is 0 Å². The number of sulfonamides is 1. The van der Waals surface area contributed by atoms with Gasteiger partial charge < -0.3 is 15.1 Å². The fourth-order valence-corrected chi connectivity index (χ4v) is 3.49. The van der Waals surface area contributed by atoms with Crippen molar-refractivity contribution in [3.05, 3.63) is 47.7 Å². The fourth-order valence-electron chi connectivity index (χ4n) is 2.23. The molecule has 1 atom stereocenters. The Morgan fingerprint density at radius 2 is 2.13 bits per heavy atom. The highest BCUT2D eigenvalue weighted by Gasteiger charge is 2.33. The number of aryl methyl sites for hydroxylation is 1. The van der Waals surface area contributed by atoms with Gasteiger partial charge >= 0.3 is 0 Å². The number of nitrogens with one attached hydrogen (secondary N) is 3. The summed E-state index contributed by atoms with van der Waals surface area (Å²) in [5.41, 5.74) is 0.0396. The number of anilines is 1. The second kappa shape index (κ2) is 5.67. The van der Waals surface area contributed by atoms with Gasteiger partial charge in [-0.05, 0) is 37.3 Å². The van der Waals surface area contributed by atoms with Gasteiger partial charge in [0.1, 0.15) is 22.2 Å². The predicted molar refractivity (Wildman–Crippen MR) is 79.4 cm³/mol. The first-order chi connectivity index (χ1) is 10.8. The van der Waals surface area contributed by atoms with Gasteiger partial charge in [-0.3, -0.25) is 4.79 Å². The molecule has 1 aromatic heterocycles. The van der Waals surface area contributed by atoms with Crippen molar-refractivity contribution < 1.29 is 22.0 Å². The molecule has 0 fully saturated rings. The second-order valence-corrected chi connectivity index (χ2v) is 6.75. The minimum Gasteiger partial charge on any atom is -0.465 e. The number of amides is 1. The fraction of sp³-hybridized carbons (Fsp3) is 0.214. The van der Waals surface area contributed by atoms with E-state index in [4.69, 9.17) is 4.42 Å². The number of carbonyl (C=O) groups is 1. The maximum atomic E-state index is 13.3. The molecule has 9 heteroatoms. The minimum atomic E-state index is -3.90. The van der Waals surface area contributed by atoms with Gasteiger partial charge in [-0.25, -0.2) is 12.8 Å². The average Bonchev–Trinajstić information content (AvgIpc) is 2.89. The van der Waals surface area contributed by atoms with Crippen LogP contribution in [0.1, 0.15) is 11.5 Å². The summed E-state index contributed by atoms with van der Waals surface area (Å²) in [6.07, 6.45) is -1.23. The summed E-state index contributed by atoms with van der Waals surface area (Å²) in [5.74, 6) is 0.0483. The van der Waals surface area contributed by atoms with Crippen molar-refractivity contribution in [2.75, 3.05) is 5.32 Å². The molecule has 1 aliphatic heterocycles. The molecular weight excluding hydrogens is 325 g/mol. The smallest absolute Gasteiger partial charge is 0.258 e. The van der Waals surface area contributed by atoms with E-state index in [0.29, 0.717) is 11.5 Å². The van der Waals surface area contributed by atoms with E-state index >= 15 is 0 Å². The molecule has 2 aromatic rings. The quantitative estimate of drug-likeness (QED) is 0.777. The lowest BCUT2D eigenvalue weighted by molar-refractivity contribution is -0.122. The standard InChI is InChI=1S/C14H14FN3O4S/c1-8-2-4-10(22-8)7-16-14(19)13-17-11-6-9(15)3-5-12(11)23(20,21)18-13/h2-6,13,17-18H,7H2,1H3,(H,16,19). The maximum absolute atomic E-state index is 13.3. The summed E-state index contributed by atoms with van der Waals surface area (Å²) in [6.45, 7) is 1.89. The third kappa shape index (κ3) is 3.20. The Hall–Kier alpha value is -2.39. The molecule has 23 heavy (non-hydrogen) atoms. The zero-order valence-electron chi connectivity index (χ0n) is 12.1. The average molecular weight is 339 g/mol. The molecule has 3 rings (SSSR count). The second-order valence-electron chi connectivity index (χ2n) is 5.07. The maximum Gasteiger partial charge on any atom is 0.258 e. The minimum absolute atomic E-state index is 0.0396. The van der Waals surface area contributed by atoms with Crippen molar-refractivity contribution in [2.24, 2.45) is 0 Å². The van der Waals surface area contributed by atoms with Crippen LogP contribution in [0.3, 0.4) is 0 Å². The molecule has 0 saturated carbocycles. The molecule has 1 amide bonds. The van der Waals surface area contributed by atoms with E-state index < -0.39 is 27.9 Å². The molecule has 7 nitrogen and oxygen atoms in total. The van der Waals surface area contributed by atoms with Crippen molar-refractivity contribution in [3.63, 3.8) is 0 Å². The zero-order chi connectivity index (χ0) is 16.6. The summed E-state index contributed by atoms with van der Waals surface area (Å²) in [4.78, 5) is 12.0. The summed E-state index contributed by atoms with van der Waals surface area (Å²) in [7, 11) is -3.90. The van der Waals surface area contributed by atoms with E-state index in [1.807, 2.05) is 0 Å². The van der Waals surface area contributed by atoms with Gasteiger partial charge in [0.25, 0.3) is 5.91 Å². The Balaban J connectivity index is 1.75. The molecular formula is C14H14FN3O4S. The Kier molecular flexibility index (Phi) is 3.82. The van der Waals surface area contributed by atoms with Gasteiger partial charge in [-0.1, -0.05) is 0 Å². The van der Waals surface area contributed by atoms with Crippen LogP contribution in [0, 0.1) is 12.7 Å². The number of carbonyl (C=O) groups excluding carboxylic acids is 1. The highest BCUT2D eigenvalue weighted by atomic mass is 32.2. The van der Waals surface area contributed by atoms with Crippen molar-refractivity contribution >= 4 is 21.6 Å². The molecule has 0 aliphatic carbocycles. The van der Waals surface area contributed by atoms with Gasteiger partial charge in [0, 0.05) is 0 Å². The Bertz CT molecular complexity index is 863. The number of rotatable bonds is 3. The van der Waals surface area contributed by atoms with Crippen LogP contribution < -0.4 is 15.4 Å². The third-order valence-corrected chi connectivity index (χ3v) is 4.78. The third-order valence-electron chi connectivity index (χ3n) is 3.30. The SMILES string of the molecule is Cc1ccc(CNC(=O)C2Nc3cc(F)ccc3S(=O)(=O)N2)o1. The molecule has 0 saturated heterocycles. The first-order valence-corrected chi connectivity index (χ1v) is 8.25. The van der Waals surface area contributed by atoms with E-state index in [1.54, 1.807) is 19.1 Å². The van der Waals surface area contributed by atoms with Crippen molar-refractivity contribution in [3.8, 4) is 0 Å². The van der Waals surface area contributed by atoms with Crippen LogP contribution in [0.2, 0.25) is 0 Å². The van der Waals surface area contributed by atoms with Crippen molar-refractivity contribution in [2.45, 2.75) is 24.5 Å². The van der Waals surface area contributed by atoms with E-state index in [1.165, 1.54) is 0 Å². The number of fused-ring (bicyclic) bond motifs is 1. The van der Waals surface area contributed by atoms with Crippen LogP contribution >= 0.6 is 0 Å². The van der Waals surface area contributed by atoms with Gasteiger partial charge in [-0.2, -0.15) is 4.72 Å². The summed E-state index contributed by atoms with van der Waals surface area (Å²) in [5, 5.41) is 5.21. The number of halogens is 1. The van der Waals surface area contributed by atoms with Gasteiger partial charge in [0.05, 0.1) is 12.2 Å². The molecule has 0 radical (unpaired) electrons. The number of furan rings is 1. The Morgan fingerprint density at radius 3 is 2.83 bits per heavy atom. The molecule has 0 spiro atoms. The monoisotopic (exact) mass is 339 g/mol. The highest BCUT2D eigenvalue weighted by molar-refractivity contribution is 7.89. The topological polar surface area (TPSA) is 100 Å². The lowest BCUT2D eigenvalue weighted by Crippen LogP contribution is -2.53. The molecule has 0 bridgehead atoms. The van der Waals surface area contributed by atoms with Crippen LogP contribution in [0.15, 0.2) is 39.6 Å². The molecule has 3 N–H and O–H groups in total. The Labute approximate surface area is 131 Å². The van der Waals surface area contributed by atoms with Gasteiger partial charge in [0.2, 0.25) is 10.0 Å². The number of hydrogen-bond acceptors (Lipinski definition) is 5. The molecule has 122 valence electrons. The zero-order valence-corrected chi connectivity index (χ0v) is 12.9. The molecule has 1 aromatic carbocycles. The molecule has 1 unspecified atom stereocenters. The Morgan fingerprint density at radius 1 is 1.35 bits per heavy atom. The van der Waals surface area contributed by atoms with Crippen LogP contribution in [0.4, 0.5) is 10.1 Å². The molecule has 2 heterocycles. The normalized spacial score (nSPS) is 18.8. The summed E-state index contributed by atoms with van der Waals surface area (Å²) >= 11 is 0. The lowest BCUT2D eigenvalue weighted by Gasteiger charge is -2.26. The summed E-state index contributed by atoms with van der Waals surface area (Å²) in [6, 6.07) is 6.67. The molecule has 1 aliphatic rings. The number of benzene rings is 1. The van der Waals surface area contributed by atoms with E-state index in [9.17, 15) is 17.6 Å². The van der Waals surface area contributed by atoms with E-state index in [-0.39, 0.29) is 17.1 Å². The highest BCUT2D eigenvalue weighted by Crippen LogP contribution is 2.26. The van der Waals surface area contributed by atoms with Crippen LogP contribution in [-0.2, 0) is 21.4 Å². The van der Waals surface area contributed by atoms with E-state index in [2.05, 4.69) is 15.4 Å². The van der Waals surface area contributed by atoms with Crippen LogP contribution in [-0.4, -0.2) is 20.5 Å². The first-order valence-electron chi connectivity index (χ1n) is 6.76. The van der Waals surface area contributed by atoms with E-state index in [0.717, 1.165) is 18.2 Å². The van der Waals surface area contributed by atoms with Gasteiger partial charge in [0.15, 0.2) is 6.17 Å². The summed E-state index contributed by atoms with van der Waals surface area (Å²) < 4.78 is 45.0. The van der Waals surface area contributed by atoms with Crippen molar-refractivity contribution in [1.82, 2.24) is 10.0 Å². The predicted octanol–water partition coefficient (Wildman–Crippen LogP) is 1.07. The van der Waals surface area contributed by atoms with Crippen molar-refractivity contribution in [1.29, 1.82) is 0 Å². The van der Waals surface area contributed by atoms with Crippen LogP contribution in [0.25, 0.3) is 0 Å². The van der Waals surface area contributed by atoms with Gasteiger partial charge in [-0.15, -0.1) is 0 Å². The largest absolute Gasteiger partial charge is 0.465 e. The first kappa shape index (κ1) is 15.5. The lowest BCUT2D eigenvalue weighted by atomic mass is 10.3. The number of hydrogen-bond donors (Lipinski definition) is 3.